The fourth-order valence-electron chi connectivity index (χ4n) is 7.33. The van der Waals surface area contributed by atoms with E-state index in [1.54, 1.807) is 0 Å². The lowest BCUT2D eigenvalue weighted by Crippen LogP contribution is -2.46. The zero-order chi connectivity index (χ0) is 33.6. The molecule has 8 nitrogen and oxygen atoms in total. The Labute approximate surface area is 280 Å². The smallest absolute Gasteiger partial charge is 0.0596 e. The second-order valence-corrected chi connectivity index (χ2v) is 13.7. The van der Waals surface area contributed by atoms with Crippen molar-refractivity contribution in [3.63, 3.8) is 0 Å². The largest absolute Gasteiger partial charge is 0.380 e. The van der Waals surface area contributed by atoms with Crippen molar-refractivity contribution in [2.24, 2.45) is 10.8 Å². The Morgan fingerprint density at radius 1 is 0.489 bits per heavy atom. The van der Waals surface area contributed by atoms with E-state index >= 15 is 0 Å². The molecular weight excluding hydrogens is 564 g/mol. The van der Waals surface area contributed by atoms with Crippen molar-refractivity contribution in [2.75, 3.05) is 118 Å². The van der Waals surface area contributed by atoms with Gasteiger partial charge in [0.1, 0.15) is 0 Å². The topological polar surface area (TPSA) is 49.9 Å². The van der Waals surface area contributed by atoms with Gasteiger partial charge in [0, 0.05) is 65.6 Å². The highest BCUT2D eigenvalue weighted by atomic mass is 16.5. The van der Waals surface area contributed by atoms with Gasteiger partial charge in [-0.15, -0.1) is 0 Å². The molecule has 45 heavy (non-hydrogen) atoms. The van der Waals surface area contributed by atoms with E-state index in [0.29, 0.717) is 23.0 Å². The van der Waals surface area contributed by atoms with Gasteiger partial charge in [0.15, 0.2) is 0 Å². The van der Waals surface area contributed by atoms with Crippen LogP contribution in [0.4, 0.5) is 0 Å². The fraction of sp³-hybridized carbons (Fsp3) is 1.00. The van der Waals surface area contributed by atoms with Crippen molar-refractivity contribution < 1.29 is 18.9 Å². The van der Waals surface area contributed by atoms with Gasteiger partial charge in [0.25, 0.3) is 0 Å². The molecule has 0 N–H and O–H groups in total. The van der Waals surface area contributed by atoms with Crippen molar-refractivity contribution in [3.05, 3.63) is 0 Å². The van der Waals surface area contributed by atoms with Gasteiger partial charge in [-0.25, -0.2) is 0 Å². The lowest BCUT2D eigenvalue weighted by Gasteiger charge is -2.40. The predicted molar refractivity (Wildman–Crippen MR) is 192 cm³/mol. The summed E-state index contributed by atoms with van der Waals surface area (Å²) in [6.07, 6.45) is 7.53. The molecule has 0 aliphatic carbocycles. The molecule has 8 heteroatoms. The first-order valence-corrected chi connectivity index (χ1v) is 19.1. The molecule has 0 radical (unpaired) electrons. The zero-order valence-electron chi connectivity index (χ0n) is 31.8. The third-order valence-corrected chi connectivity index (χ3v) is 9.52. The second kappa shape index (κ2) is 24.8. The molecule has 0 unspecified atom stereocenters. The van der Waals surface area contributed by atoms with Crippen LogP contribution in [0.3, 0.4) is 0 Å². The summed E-state index contributed by atoms with van der Waals surface area (Å²) in [6.45, 7) is 40.3. The minimum Gasteiger partial charge on any atom is -0.380 e. The molecule has 4 aliphatic rings. The van der Waals surface area contributed by atoms with Crippen LogP contribution < -0.4 is 0 Å². The Balaban J connectivity index is 0.000000409. The summed E-state index contributed by atoms with van der Waals surface area (Å²) in [5, 5.41) is 0. The van der Waals surface area contributed by atoms with Crippen molar-refractivity contribution in [1.29, 1.82) is 0 Å². The number of hydrogen-bond donors (Lipinski definition) is 0. The summed E-state index contributed by atoms with van der Waals surface area (Å²) in [5.41, 5.74) is 1.10. The third-order valence-electron chi connectivity index (χ3n) is 9.52. The summed E-state index contributed by atoms with van der Waals surface area (Å²) in [4.78, 5) is 10.4. The van der Waals surface area contributed by atoms with Crippen LogP contribution in [0.1, 0.15) is 101 Å². The molecule has 4 rings (SSSR count). The molecule has 0 aromatic heterocycles. The number of piperidine rings is 1. The van der Waals surface area contributed by atoms with E-state index in [4.69, 9.17) is 18.9 Å². The monoisotopic (exact) mass is 643 g/mol. The normalized spacial score (nSPS) is 23.7. The van der Waals surface area contributed by atoms with Crippen LogP contribution in [0.5, 0.6) is 0 Å². The summed E-state index contributed by atoms with van der Waals surface area (Å²) in [7, 11) is 0. The quantitative estimate of drug-likeness (QED) is 0.186. The van der Waals surface area contributed by atoms with E-state index in [2.05, 4.69) is 61.1 Å². The Morgan fingerprint density at radius 3 is 1.18 bits per heavy atom. The first kappa shape index (κ1) is 42.7. The highest BCUT2D eigenvalue weighted by molar-refractivity contribution is 4.97. The van der Waals surface area contributed by atoms with Gasteiger partial charge in [-0.2, -0.15) is 0 Å². The number of nitrogens with zero attached hydrogens (tertiary/aromatic N) is 4. The Bertz CT molecular complexity index is 671. The summed E-state index contributed by atoms with van der Waals surface area (Å²) < 4.78 is 22.4. The predicted octanol–water partition coefficient (Wildman–Crippen LogP) is 6.13. The lowest BCUT2D eigenvalue weighted by molar-refractivity contribution is 0.0288. The maximum atomic E-state index is 5.72. The zero-order valence-corrected chi connectivity index (χ0v) is 31.8. The Kier molecular flexibility index (Phi) is 23.5. The second-order valence-electron chi connectivity index (χ2n) is 13.7. The minimum absolute atomic E-state index is 0.349. The molecule has 1 atom stereocenters. The highest BCUT2D eigenvalue weighted by Crippen LogP contribution is 2.40. The molecule has 4 aliphatic heterocycles. The van der Waals surface area contributed by atoms with Crippen molar-refractivity contribution >= 4 is 0 Å². The molecule has 0 aromatic carbocycles. The van der Waals surface area contributed by atoms with Gasteiger partial charge >= 0.3 is 0 Å². The molecular formula is C37H78N4O4. The van der Waals surface area contributed by atoms with E-state index < -0.39 is 0 Å². The Hall–Kier alpha value is -0.320. The van der Waals surface area contributed by atoms with Crippen molar-refractivity contribution in [3.8, 4) is 0 Å². The molecule has 4 fully saturated rings. The van der Waals surface area contributed by atoms with Crippen LogP contribution in [-0.2, 0) is 18.9 Å². The van der Waals surface area contributed by atoms with Crippen LogP contribution in [-0.4, -0.2) is 150 Å². The molecule has 0 aromatic rings. The van der Waals surface area contributed by atoms with Gasteiger partial charge in [0.05, 0.1) is 38.6 Å². The lowest BCUT2D eigenvalue weighted by atomic mass is 9.79. The van der Waals surface area contributed by atoms with Crippen LogP contribution in [0.2, 0.25) is 0 Å². The number of ether oxygens (including phenoxy) is 4. The van der Waals surface area contributed by atoms with E-state index in [1.165, 1.54) is 84.5 Å². The van der Waals surface area contributed by atoms with Crippen LogP contribution in [0.25, 0.3) is 0 Å². The van der Waals surface area contributed by atoms with Gasteiger partial charge in [-0.1, -0.05) is 27.7 Å². The molecule has 0 bridgehead atoms. The average Bonchev–Trinajstić information content (AvgIpc) is 3.74. The van der Waals surface area contributed by atoms with Crippen LogP contribution in [0.15, 0.2) is 0 Å². The fourth-order valence-corrected chi connectivity index (χ4v) is 7.33. The summed E-state index contributed by atoms with van der Waals surface area (Å²) in [5.74, 6) is 0. The first-order chi connectivity index (χ1) is 21.8. The van der Waals surface area contributed by atoms with E-state index in [-0.39, 0.29) is 0 Å². The molecule has 2 spiro atoms. The minimum atomic E-state index is 0.349. The van der Waals surface area contributed by atoms with Crippen LogP contribution in [0, 0.1) is 10.8 Å². The SMILES string of the molecule is CC.CC.CC(C)OCCN1CCC[C@@]2(CCN(CCOC(C)C)C2)C1.CCOCCN1CCC2(CCN(CCOCC)C2)C1. The molecule has 270 valence electrons. The third kappa shape index (κ3) is 17.1. The standard InChI is InChI=1S/C18H36N2O2.C15H30N2O2.2C2H6/c1-16(2)21-12-10-19-8-5-6-18(14-19)7-9-20(15-18)11-13-22-17(3)4;1-3-18-11-9-16-7-5-15(13-16)6-8-17(14-15)10-12-19-4-2;2*1-2/h16-17H,5-15H2,1-4H3;3-14H2,1-2H3;2*1-2H3/t18-;;;/m1.../s1. The summed E-state index contributed by atoms with van der Waals surface area (Å²) >= 11 is 0. The number of hydrogen-bond acceptors (Lipinski definition) is 8. The van der Waals surface area contributed by atoms with E-state index in [1.807, 2.05) is 27.7 Å². The van der Waals surface area contributed by atoms with Gasteiger partial charge < -0.3 is 38.5 Å². The highest BCUT2D eigenvalue weighted by Gasteiger charge is 2.43. The average molecular weight is 643 g/mol. The maximum absolute atomic E-state index is 5.72. The van der Waals surface area contributed by atoms with E-state index in [9.17, 15) is 0 Å². The van der Waals surface area contributed by atoms with Gasteiger partial charge in [0.2, 0.25) is 0 Å². The van der Waals surface area contributed by atoms with Gasteiger partial charge in [-0.05, 0) is 111 Å². The van der Waals surface area contributed by atoms with Gasteiger partial charge in [-0.3, -0.25) is 0 Å². The Morgan fingerprint density at radius 2 is 0.822 bits per heavy atom. The van der Waals surface area contributed by atoms with Crippen molar-refractivity contribution in [1.82, 2.24) is 19.6 Å². The maximum Gasteiger partial charge on any atom is 0.0596 e. The first-order valence-electron chi connectivity index (χ1n) is 19.1. The molecule has 0 amide bonds. The number of rotatable bonds is 16. The molecule has 0 saturated carbocycles. The summed E-state index contributed by atoms with van der Waals surface area (Å²) in [6, 6.07) is 0. The van der Waals surface area contributed by atoms with Crippen LogP contribution >= 0.6 is 0 Å². The van der Waals surface area contributed by atoms with E-state index in [0.717, 1.165) is 65.8 Å². The molecule has 4 heterocycles. The van der Waals surface area contributed by atoms with Crippen molar-refractivity contribution in [2.45, 2.75) is 114 Å². The number of likely N-dealkylation sites (tertiary alicyclic amines) is 4. The molecule has 4 saturated heterocycles.